The van der Waals surface area contributed by atoms with Crippen LogP contribution in [-0.2, 0) is 10.0 Å². The first-order valence-corrected chi connectivity index (χ1v) is 8.46. The van der Waals surface area contributed by atoms with E-state index in [2.05, 4.69) is 4.72 Å². The molecule has 0 amide bonds. The van der Waals surface area contributed by atoms with Gasteiger partial charge < -0.3 is 0 Å². The van der Waals surface area contributed by atoms with Crippen LogP contribution >= 0.6 is 0 Å². The van der Waals surface area contributed by atoms with Crippen LogP contribution in [0.5, 0.6) is 0 Å². The summed E-state index contributed by atoms with van der Waals surface area (Å²) in [6.45, 7) is 0. The standard InChI is InChI=1S/C13H18N2O4S/c1-20(18,19)14-12-6-2-10(3-7-12)11-4-8-13(9-5-11)15(16)17/h4-5,8-10,12,14H,2-3,6-7H2,1H3. The number of non-ortho nitro benzene ring substituents is 1. The number of hydrogen-bond donors (Lipinski definition) is 1. The molecule has 20 heavy (non-hydrogen) atoms. The van der Waals surface area contributed by atoms with Gasteiger partial charge in [0, 0.05) is 18.2 Å². The Morgan fingerprint density at radius 2 is 1.70 bits per heavy atom. The van der Waals surface area contributed by atoms with Crippen LogP contribution in [-0.4, -0.2) is 25.6 Å². The molecule has 1 aromatic rings. The van der Waals surface area contributed by atoms with Gasteiger partial charge >= 0.3 is 0 Å². The Hall–Kier alpha value is -1.47. The topological polar surface area (TPSA) is 89.3 Å². The van der Waals surface area contributed by atoms with Gasteiger partial charge in [-0.3, -0.25) is 10.1 Å². The summed E-state index contributed by atoms with van der Waals surface area (Å²) >= 11 is 0. The van der Waals surface area contributed by atoms with Crippen molar-refractivity contribution < 1.29 is 13.3 Å². The zero-order valence-electron chi connectivity index (χ0n) is 11.3. The van der Waals surface area contributed by atoms with Gasteiger partial charge in [0.1, 0.15) is 0 Å². The molecule has 1 aromatic carbocycles. The van der Waals surface area contributed by atoms with E-state index >= 15 is 0 Å². The van der Waals surface area contributed by atoms with Crippen molar-refractivity contribution in [3.63, 3.8) is 0 Å². The van der Waals surface area contributed by atoms with Crippen molar-refractivity contribution in [3.8, 4) is 0 Å². The molecule has 0 radical (unpaired) electrons. The van der Waals surface area contributed by atoms with Gasteiger partial charge in [-0.2, -0.15) is 0 Å². The van der Waals surface area contributed by atoms with E-state index in [-0.39, 0.29) is 11.7 Å². The minimum Gasteiger partial charge on any atom is -0.258 e. The fourth-order valence-corrected chi connectivity index (χ4v) is 3.56. The number of nitro benzene ring substituents is 1. The molecular weight excluding hydrogens is 280 g/mol. The average molecular weight is 298 g/mol. The fourth-order valence-electron chi connectivity index (χ4n) is 2.72. The van der Waals surface area contributed by atoms with Crippen LogP contribution in [0.4, 0.5) is 5.69 Å². The number of sulfonamides is 1. The molecule has 1 saturated carbocycles. The van der Waals surface area contributed by atoms with Crippen LogP contribution in [0, 0.1) is 10.1 Å². The Kier molecular flexibility index (Phi) is 4.39. The molecule has 0 bridgehead atoms. The third-order valence-corrected chi connectivity index (χ3v) is 4.44. The van der Waals surface area contributed by atoms with Gasteiger partial charge in [0.2, 0.25) is 10.0 Å². The summed E-state index contributed by atoms with van der Waals surface area (Å²) in [5.74, 6) is 0.355. The predicted octanol–water partition coefficient (Wildman–Crippen LogP) is 2.17. The molecule has 6 nitrogen and oxygen atoms in total. The number of nitro groups is 1. The highest BCUT2D eigenvalue weighted by atomic mass is 32.2. The van der Waals surface area contributed by atoms with E-state index < -0.39 is 14.9 Å². The van der Waals surface area contributed by atoms with Crippen molar-refractivity contribution in [1.29, 1.82) is 0 Å². The maximum atomic E-state index is 11.2. The minimum absolute atomic E-state index is 0.0132. The van der Waals surface area contributed by atoms with Crippen molar-refractivity contribution in [2.24, 2.45) is 0 Å². The SMILES string of the molecule is CS(=O)(=O)NC1CCC(c2ccc([N+](=O)[O-])cc2)CC1. The van der Waals surface area contributed by atoms with Crippen LogP contribution in [0.25, 0.3) is 0 Å². The average Bonchev–Trinajstić information content (AvgIpc) is 2.38. The molecule has 1 fully saturated rings. The van der Waals surface area contributed by atoms with Crippen LogP contribution < -0.4 is 4.72 Å². The third kappa shape index (κ3) is 4.01. The largest absolute Gasteiger partial charge is 0.269 e. The van der Waals surface area contributed by atoms with Crippen LogP contribution in [0.2, 0.25) is 0 Å². The molecular formula is C13H18N2O4S. The van der Waals surface area contributed by atoms with E-state index in [9.17, 15) is 18.5 Å². The summed E-state index contributed by atoms with van der Waals surface area (Å²) in [4.78, 5) is 10.2. The Bertz CT molecular complexity index is 575. The third-order valence-electron chi connectivity index (χ3n) is 3.68. The molecule has 0 aromatic heterocycles. The smallest absolute Gasteiger partial charge is 0.258 e. The highest BCUT2D eigenvalue weighted by molar-refractivity contribution is 7.88. The number of rotatable bonds is 4. The van der Waals surface area contributed by atoms with Gasteiger partial charge in [-0.1, -0.05) is 12.1 Å². The molecule has 1 N–H and O–H groups in total. The summed E-state index contributed by atoms with van der Waals surface area (Å²) in [5, 5.41) is 10.6. The lowest BCUT2D eigenvalue weighted by atomic mass is 9.82. The second-order valence-corrected chi connectivity index (χ2v) is 7.07. The highest BCUT2D eigenvalue weighted by Gasteiger charge is 2.24. The van der Waals surface area contributed by atoms with Crippen LogP contribution in [0.1, 0.15) is 37.2 Å². The van der Waals surface area contributed by atoms with Crippen molar-refractivity contribution in [1.82, 2.24) is 4.72 Å². The lowest BCUT2D eigenvalue weighted by Gasteiger charge is -2.28. The van der Waals surface area contributed by atoms with Gasteiger partial charge in [-0.15, -0.1) is 0 Å². The van der Waals surface area contributed by atoms with Crippen molar-refractivity contribution in [2.45, 2.75) is 37.6 Å². The van der Waals surface area contributed by atoms with Crippen molar-refractivity contribution in [2.75, 3.05) is 6.26 Å². The minimum atomic E-state index is -3.15. The van der Waals surface area contributed by atoms with Gasteiger partial charge in [-0.25, -0.2) is 13.1 Å². The maximum absolute atomic E-state index is 11.2. The van der Waals surface area contributed by atoms with Crippen molar-refractivity contribution in [3.05, 3.63) is 39.9 Å². The number of nitrogens with zero attached hydrogens (tertiary/aromatic N) is 1. The molecule has 1 aliphatic carbocycles. The summed E-state index contributed by atoms with van der Waals surface area (Å²) in [6, 6.07) is 6.66. The predicted molar refractivity (Wildman–Crippen MR) is 76.1 cm³/mol. The van der Waals surface area contributed by atoms with Crippen LogP contribution in [0.15, 0.2) is 24.3 Å². The first-order chi connectivity index (χ1) is 9.35. The second-order valence-electron chi connectivity index (χ2n) is 5.29. The maximum Gasteiger partial charge on any atom is 0.269 e. The van der Waals surface area contributed by atoms with Gasteiger partial charge in [0.05, 0.1) is 11.2 Å². The van der Waals surface area contributed by atoms with Crippen molar-refractivity contribution >= 4 is 15.7 Å². The van der Waals surface area contributed by atoms with Gasteiger partial charge in [-0.05, 0) is 37.2 Å². The molecule has 0 saturated heterocycles. The molecule has 0 spiro atoms. The second kappa shape index (κ2) is 5.88. The Balaban J connectivity index is 1.95. The summed E-state index contributed by atoms with van der Waals surface area (Å²) in [6.07, 6.45) is 4.56. The zero-order valence-corrected chi connectivity index (χ0v) is 12.1. The molecule has 2 rings (SSSR count). The highest BCUT2D eigenvalue weighted by Crippen LogP contribution is 2.33. The molecule has 7 heteroatoms. The van der Waals surface area contributed by atoms with Gasteiger partial charge in [0.15, 0.2) is 0 Å². The summed E-state index contributed by atoms with van der Waals surface area (Å²) in [5.41, 5.74) is 1.19. The molecule has 0 atom stereocenters. The Morgan fingerprint density at radius 3 is 2.15 bits per heavy atom. The number of benzene rings is 1. The first kappa shape index (κ1) is 14.9. The summed E-state index contributed by atoms with van der Waals surface area (Å²) < 4.78 is 25.0. The monoisotopic (exact) mass is 298 g/mol. The lowest BCUT2D eigenvalue weighted by Crippen LogP contribution is -2.36. The lowest BCUT2D eigenvalue weighted by molar-refractivity contribution is -0.384. The molecule has 1 aliphatic rings. The fraction of sp³-hybridized carbons (Fsp3) is 0.538. The van der Waals surface area contributed by atoms with Gasteiger partial charge in [0.25, 0.3) is 5.69 Å². The normalized spacial score (nSPS) is 23.4. The molecule has 0 aliphatic heterocycles. The molecule has 0 unspecified atom stereocenters. The Morgan fingerprint density at radius 1 is 1.15 bits per heavy atom. The zero-order chi connectivity index (χ0) is 14.8. The first-order valence-electron chi connectivity index (χ1n) is 6.57. The van der Waals surface area contributed by atoms with E-state index in [0.29, 0.717) is 5.92 Å². The van der Waals surface area contributed by atoms with E-state index in [1.807, 2.05) is 0 Å². The van der Waals surface area contributed by atoms with Crippen LogP contribution in [0.3, 0.4) is 0 Å². The van der Waals surface area contributed by atoms with E-state index in [1.54, 1.807) is 12.1 Å². The van der Waals surface area contributed by atoms with E-state index in [4.69, 9.17) is 0 Å². The van der Waals surface area contributed by atoms with E-state index in [1.165, 1.54) is 18.4 Å². The number of hydrogen-bond acceptors (Lipinski definition) is 4. The quantitative estimate of drug-likeness (QED) is 0.681. The Labute approximate surface area is 118 Å². The molecule has 110 valence electrons. The summed E-state index contributed by atoms with van der Waals surface area (Å²) in [7, 11) is -3.15. The van der Waals surface area contributed by atoms with E-state index in [0.717, 1.165) is 31.2 Å². The number of nitrogens with one attached hydrogen (secondary N) is 1. The molecule has 0 heterocycles.